The maximum Gasteiger partial charge on any atom is 0.274 e. The molecule has 30 heavy (non-hydrogen) atoms. The number of halogens is 2. The Hall–Kier alpha value is -3.26. The summed E-state index contributed by atoms with van der Waals surface area (Å²) in [4.78, 5) is 18.0. The van der Waals surface area contributed by atoms with E-state index >= 15 is 0 Å². The first kappa shape index (κ1) is 21.4. The fraction of sp³-hybridized carbons (Fsp3) is 0.312. The zero-order valence-corrected chi connectivity index (χ0v) is 17.5. The van der Waals surface area contributed by atoms with Crippen LogP contribution in [0.5, 0.6) is 0 Å². The highest BCUT2D eigenvalue weighted by Crippen LogP contribution is 2.24. The first-order valence-electron chi connectivity index (χ1n) is 8.59. The molecule has 1 fully saturated rings. The molecule has 0 atom stereocenters. The van der Waals surface area contributed by atoms with E-state index in [4.69, 9.17) is 4.63 Å². The van der Waals surface area contributed by atoms with E-state index in [2.05, 4.69) is 36.6 Å². The number of nitro groups is 1. The van der Waals surface area contributed by atoms with Gasteiger partial charge >= 0.3 is 0 Å². The topological polar surface area (TPSA) is 145 Å². The van der Waals surface area contributed by atoms with Crippen LogP contribution in [0.1, 0.15) is 5.69 Å². The molecule has 160 valence electrons. The molecule has 1 aliphatic heterocycles. The molecule has 0 saturated carbocycles. The van der Waals surface area contributed by atoms with Crippen molar-refractivity contribution in [3.05, 3.63) is 56.3 Å². The second-order valence-electron chi connectivity index (χ2n) is 6.55. The predicted octanol–water partition coefficient (Wildman–Crippen LogP) is 1.76. The molecule has 1 aromatic carbocycles. The lowest BCUT2D eigenvalue weighted by atomic mass is 10.1. The van der Waals surface area contributed by atoms with Gasteiger partial charge in [0.1, 0.15) is 5.82 Å². The van der Waals surface area contributed by atoms with E-state index in [1.54, 1.807) is 19.0 Å². The Labute approximate surface area is 178 Å². The van der Waals surface area contributed by atoms with Crippen molar-refractivity contribution in [3.8, 4) is 0 Å². The first-order chi connectivity index (χ1) is 14.3. The maximum atomic E-state index is 13.4. The lowest BCUT2D eigenvalue weighted by Crippen LogP contribution is -2.56. The van der Waals surface area contributed by atoms with Crippen LogP contribution in [0.15, 0.2) is 44.3 Å². The van der Waals surface area contributed by atoms with Crippen LogP contribution in [0.2, 0.25) is 0 Å². The standard InChI is InChI=1S/C16H18BrFN8O4/c1-24(2)13(8-26(28)29)25-6-10(7-25)20-16-14(22-30-23-16)15(21-27)19-9-3-4-12(18)11(17)5-9/h3-5,8,10,27H,6-7H2,1-2H3,(H,19,21)(H,20,23). The van der Waals surface area contributed by atoms with Gasteiger partial charge in [-0.1, -0.05) is 0 Å². The van der Waals surface area contributed by atoms with Crippen molar-refractivity contribution in [3.63, 3.8) is 0 Å². The number of hydrogen-bond acceptors (Lipinski definition) is 10. The average Bonchev–Trinajstić information content (AvgIpc) is 3.11. The quantitative estimate of drug-likeness (QED) is 0.230. The fourth-order valence-electron chi connectivity index (χ4n) is 2.78. The molecule has 2 heterocycles. The number of hydrogen-bond donors (Lipinski definition) is 3. The van der Waals surface area contributed by atoms with Gasteiger partial charge < -0.3 is 15.1 Å². The van der Waals surface area contributed by atoms with Gasteiger partial charge in [-0.05, 0) is 44.4 Å². The van der Waals surface area contributed by atoms with Crippen LogP contribution >= 0.6 is 15.9 Å². The molecule has 14 heteroatoms. The summed E-state index contributed by atoms with van der Waals surface area (Å²) in [5.41, 5.74) is 2.40. The van der Waals surface area contributed by atoms with Gasteiger partial charge in [0, 0.05) is 27.2 Å². The number of amidine groups is 1. The van der Waals surface area contributed by atoms with Gasteiger partial charge in [-0.2, -0.15) is 0 Å². The summed E-state index contributed by atoms with van der Waals surface area (Å²) in [5, 5.41) is 30.9. The van der Waals surface area contributed by atoms with Gasteiger partial charge in [0.15, 0.2) is 17.4 Å². The van der Waals surface area contributed by atoms with E-state index in [0.717, 1.165) is 6.20 Å². The molecule has 1 saturated heterocycles. The van der Waals surface area contributed by atoms with Crippen molar-refractivity contribution in [2.24, 2.45) is 4.99 Å². The third-order valence-corrected chi connectivity index (χ3v) is 4.80. The normalized spacial score (nSPS) is 15.0. The second-order valence-corrected chi connectivity index (χ2v) is 7.40. The Balaban J connectivity index is 1.72. The van der Waals surface area contributed by atoms with Crippen molar-refractivity contribution in [2.45, 2.75) is 6.04 Å². The molecular formula is C16H18BrFN8O4. The summed E-state index contributed by atoms with van der Waals surface area (Å²) in [6.07, 6.45) is 0.945. The molecule has 0 radical (unpaired) electrons. The number of aliphatic imine (C=N–C) groups is 1. The number of nitrogens with one attached hydrogen (secondary N) is 2. The highest BCUT2D eigenvalue weighted by Gasteiger charge is 2.32. The number of hydroxylamine groups is 1. The van der Waals surface area contributed by atoms with Crippen LogP contribution in [-0.4, -0.2) is 69.3 Å². The molecule has 1 aliphatic rings. The fourth-order valence-corrected chi connectivity index (χ4v) is 3.14. The summed E-state index contributed by atoms with van der Waals surface area (Å²) < 4.78 is 18.4. The number of benzene rings is 1. The van der Waals surface area contributed by atoms with Gasteiger partial charge in [0.2, 0.25) is 5.82 Å². The Morgan fingerprint density at radius 2 is 2.23 bits per heavy atom. The predicted molar refractivity (Wildman–Crippen MR) is 107 cm³/mol. The summed E-state index contributed by atoms with van der Waals surface area (Å²) in [6, 6.07) is 3.99. The molecule has 0 aliphatic carbocycles. The Bertz CT molecular complexity index is 989. The SMILES string of the molecule is CN(C)C(=C[N+](=O)[O-])N1CC(Nc2nonc2C(=Nc2ccc(F)c(Br)c2)NO)C1. The molecule has 0 bridgehead atoms. The van der Waals surface area contributed by atoms with Crippen LogP contribution < -0.4 is 10.8 Å². The van der Waals surface area contributed by atoms with Gasteiger partial charge in [0.25, 0.3) is 6.20 Å². The van der Waals surface area contributed by atoms with Crippen molar-refractivity contribution in [1.29, 1.82) is 0 Å². The molecule has 1 aromatic heterocycles. The minimum atomic E-state index is -0.501. The van der Waals surface area contributed by atoms with Crippen LogP contribution in [-0.2, 0) is 0 Å². The van der Waals surface area contributed by atoms with Crippen LogP contribution in [0.3, 0.4) is 0 Å². The van der Waals surface area contributed by atoms with Crippen LogP contribution in [0.25, 0.3) is 0 Å². The summed E-state index contributed by atoms with van der Waals surface area (Å²) in [6.45, 7) is 0.960. The van der Waals surface area contributed by atoms with Crippen molar-refractivity contribution in [1.82, 2.24) is 25.6 Å². The molecular weight excluding hydrogens is 467 g/mol. The number of nitrogens with zero attached hydrogens (tertiary/aromatic N) is 6. The Morgan fingerprint density at radius 3 is 2.83 bits per heavy atom. The number of rotatable bonds is 7. The number of anilines is 1. The highest BCUT2D eigenvalue weighted by atomic mass is 79.9. The van der Waals surface area contributed by atoms with E-state index in [9.17, 15) is 19.7 Å². The van der Waals surface area contributed by atoms with E-state index in [-0.39, 0.29) is 27.9 Å². The van der Waals surface area contributed by atoms with Gasteiger partial charge in [0.05, 0.1) is 21.1 Å². The van der Waals surface area contributed by atoms with Crippen LogP contribution in [0.4, 0.5) is 15.9 Å². The van der Waals surface area contributed by atoms with E-state index in [1.165, 1.54) is 18.2 Å². The van der Waals surface area contributed by atoms with E-state index < -0.39 is 10.7 Å². The van der Waals surface area contributed by atoms with E-state index in [1.807, 2.05) is 10.4 Å². The van der Waals surface area contributed by atoms with Crippen molar-refractivity contribution < 1.29 is 19.2 Å². The first-order valence-corrected chi connectivity index (χ1v) is 9.38. The lowest BCUT2D eigenvalue weighted by Gasteiger charge is -2.43. The monoisotopic (exact) mass is 484 g/mol. The molecule has 0 spiro atoms. The summed E-state index contributed by atoms with van der Waals surface area (Å²) in [7, 11) is 3.44. The second kappa shape index (κ2) is 9.04. The van der Waals surface area contributed by atoms with Gasteiger partial charge in [-0.15, -0.1) is 0 Å². The number of likely N-dealkylation sites (tertiary alicyclic amines) is 1. The zero-order valence-electron chi connectivity index (χ0n) is 15.9. The Morgan fingerprint density at radius 1 is 1.50 bits per heavy atom. The molecule has 3 rings (SSSR count). The van der Waals surface area contributed by atoms with E-state index in [0.29, 0.717) is 24.6 Å². The van der Waals surface area contributed by atoms with Crippen molar-refractivity contribution in [2.75, 3.05) is 32.5 Å². The molecule has 3 N–H and O–H groups in total. The molecule has 0 unspecified atom stereocenters. The third-order valence-electron chi connectivity index (χ3n) is 4.19. The van der Waals surface area contributed by atoms with Gasteiger partial charge in [-0.3, -0.25) is 20.8 Å². The zero-order chi connectivity index (χ0) is 21.8. The molecule has 2 aromatic rings. The number of aromatic nitrogens is 2. The average molecular weight is 485 g/mol. The minimum absolute atomic E-state index is 0.0596. The molecule has 12 nitrogen and oxygen atoms in total. The largest absolute Gasteiger partial charge is 0.359 e. The minimum Gasteiger partial charge on any atom is -0.359 e. The van der Waals surface area contributed by atoms with Gasteiger partial charge in [-0.25, -0.2) is 14.0 Å². The molecule has 0 amide bonds. The highest BCUT2D eigenvalue weighted by molar-refractivity contribution is 9.10. The van der Waals surface area contributed by atoms with Crippen molar-refractivity contribution >= 4 is 33.3 Å². The smallest absolute Gasteiger partial charge is 0.274 e. The Kier molecular flexibility index (Phi) is 6.47. The summed E-state index contributed by atoms with van der Waals surface area (Å²) >= 11 is 3.07. The maximum absolute atomic E-state index is 13.4. The third kappa shape index (κ3) is 4.83. The summed E-state index contributed by atoms with van der Waals surface area (Å²) in [5.74, 6) is 0.190. The lowest BCUT2D eigenvalue weighted by molar-refractivity contribution is -0.405. The van der Waals surface area contributed by atoms with Crippen LogP contribution in [0, 0.1) is 15.9 Å².